The van der Waals surface area contributed by atoms with Crippen molar-refractivity contribution in [1.82, 2.24) is 10.3 Å². The highest BCUT2D eigenvalue weighted by Gasteiger charge is 2.15. The number of rotatable bonds is 9. The molecule has 1 atom stereocenters. The van der Waals surface area contributed by atoms with Gasteiger partial charge in [0.1, 0.15) is 11.3 Å². The van der Waals surface area contributed by atoms with Crippen LogP contribution in [-0.4, -0.2) is 29.6 Å². The second kappa shape index (κ2) is 9.80. The predicted octanol–water partition coefficient (Wildman–Crippen LogP) is 4.02. The number of ether oxygens (including phenoxy) is 2. The average Bonchev–Trinajstić information content (AvgIpc) is 2.61. The molecule has 5 nitrogen and oxygen atoms in total. The van der Waals surface area contributed by atoms with Gasteiger partial charge in [-0.1, -0.05) is 12.1 Å². The van der Waals surface area contributed by atoms with E-state index < -0.39 is 0 Å². The number of amides is 1. The van der Waals surface area contributed by atoms with Crippen LogP contribution in [0.2, 0.25) is 0 Å². The van der Waals surface area contributed by atoms with Gasteiger partial charge in [-0.3, -0.25) is 4.79 Å². The van der Waals surface area contributed by atoms with Crippen molar-refractivity contribution in [2.45, 2.75) is 52.7 Å². The topological polar surface area (TPSA) is 60.5 Å². The minimum absolute atomic E-state index is 0.0452. The van der Waals surface area contributed by atoms with E-state index in [-0.39, 0.29) is 18.1 Å². The van der Waals surface area contributed by atoms with Crippen LogP contribution in [0.3, 0.4) is 0 Å². The Morgan fingerprint density at radius 3 is 2.54 bits per heavy atom. The van der Waals surface area contributed by atoms with Gasteiger partial charge < -0.3 is 14.8 Å². The largest absolute Gasteiger partial charge is 0.491 e. The zero-order valence-corrected chi connectivity index (χ0v) is 16.0. The fourth-order valence-corrected chi connectivity index (χ4v) is 2.58. The van der Waals surface area contributed by atoms with Crippen LogP contribution in [-0.2, 0) is 6.42 Å². The van der Waals surface area contributed by atoms with Gasteiger partial charge in [0.15, 0.2) is 0 Å². The maximum absolute atomic E-state index is 12.5. The van der Waals surface area contributed by atoms with E-state index in [1.807, 2.05) is 39.8 Å². The molecule has 0 aliphatic carbocycles. The smallest absolute Gasteiger partial charge is 0.256 e. The van der Waals surface area contributed by atoms with Crippen LogP contribution in [0.1, 0.15) is 50.0 Å². The summed E-state index contributed by atoms with van der Waals surface area (Å²) in [6.45, 7) is 8.37. The number of aryl methyl sites for hydroxylation is 1. The van der Waals surface area contributed by atoms with E-state index >= 15 is 0 Å². The summed E-state index contributed by atoms with van der Waals surface area (Å²) in [5, 5.41) is 3.02. The molecule has 0 aliphatic heterocycles. The van der Waals surface area contributed by atoms with Crippen molar-refractivity contribution in [3.05, 3.63) is 53.7 Å². The van der Waals surface area contributed by atoms with Gasteiger partial charge in [-0.25, -0.2) is 4.98 Å². The molecular formula is C21H28N2O3. The first-order valence-corrected chi connectivity index (χ1v) is 9.13. The van der Waals surface area contributed by atoms with Crippen molar-refractivity contribution in [2.75, 3.05) is 6.61 Å². The third kappa shape index (κ3) is 6.06. The molecule has 0 bridgehead atoms. The molecule has 0 fully saturated rings. The monoisotopic (exact) mass is 356 g/mol. The first-order chi connectivity index (χ1) is 12.5. The Bertz CT molecular complexity index is 699. The summed E-state index contributed by atoms with van der Waals surface area (Å²) in [5.41, 5.74) is 1.69. The summed E-state index contributed by atoms with van der Waals surface area (Å²) in [4.78, 5) is 16.6. The maximum atomic E-state index is 12.5. The molecule has 26 heavy (non-hydrogen) atoms. The molecule has 5 heteroatoms. The summed E-state index contributed by atoms with van der Waals surface area (Å²) in [7, 11) is 0. The van der Waals surface area contributed by atoms with Crippen LogP contribution in [0.5, 0.6) is 11.6 Å². The molecule has 0 aliphatic rings. The Labute approximate surface area is 155 Å². The standard InChI is InChI=1S/C21H28N2O3/c1-5-25-21-19(7-6-14-22-21)20(24)23-16(4)8-9-17-10-12-18(13-11-17)26-15(2)3/h6-7,10-16H,5,8-9H2,1-4H3,(H,23,24). The average molecular weight is 356 g/mol. The number of carbonyl (C=O) groups is 1. The molecule has 1 aromatic heterocycles. The lowest BCUT2D eigenvalue weighted by atomic mass is 10.1. The minimum Gasteiger partial charge on any atom is -0.491 e. The number of aromatic nitrogens is 1. The molecule has 1 N–H and O–H groups in total. The molecule has 0 saturated heterocycles. The highest BCUT2D eigenvalue weighted by molar-refractivity contribution is 5.96. The number of hydrogen-bond donors (Lipinski definition) is 1. The first kappa shape index (κ1) is 19.8. The lowest BCUT2D eigenvalue weighted by molar-refractivity contribution is 0.0933. The molecule has 1 aromatic carbocycles. The number of hydrogen-bond acceptors (Lipinski definition) is 4. The minimum atomic E-state index is -0.158. The Morgan fingerprint density at radius 1 is 1.15 bits per heavy atom. The molecule has 1 unspecified atom stereocenters. The Kier molecular flexibility index (Phi) is 7.45. The molecule has 0 saturated carbocycles. The summed E-state index contributed by atoms with van der Waals surface area (Å²) in [6.07, 6.45) is 3.53. The van der Waals surface area contributed by atoms with E-state index in [4.69, 9.17) is 9.47 Å². The van der Waals surface area contributed by atoms with E-state index in [0.29, 0.717) is 18.1 Å². The lowest BCUT2D eigenvalue weighted by Gasteiger charge is -2.15. The van der Waals surface area contributed by atoms with Crippen molar-refractivity contribution in [2.24, 2.45) is 0 Å². The SMILES string of the molecule is CCOc1ncccc1C(=O)NC(C)CCc1ccc(OC(C)C)cc1. The zero-order chi connectivity index (χ0) is 18.9. The van der Waals surface area contributed by atoms with Gasteiger partial charge in [-0.2, -0.15) is 0 Å². The first-order valence-electron chi connectivity index (χ1n) is 9.13. The summed E-state index contributed by atoms with van der Waals surface area (Å²) in [6, 6.07) is 11.6. The second-order valence-electron chi connectivity index (χ2n) is 6.51. The Hall–Kier alpha value is -2.56. The highest BCUT2D eigenvalue weighted by atomic mass is 16.5. The molecule has 1 amide bonds. The lowest BCUT2D eigenvalue weighted by Crippen LogP contribution is -2.33. The molecule has 0 radical (unpaired) electrons. The Balaban J connectivity index is 1.86. The molecular weight excluding hydrogens is 328 g/mol. The summed E-state index contributed by atoms with van der Waals surface area (Å²) >= 11 is 0. The number of benzene rings is 1. The van der Waals surface area contributed by atoms with Gasteiger partial charge >= 0.3 is 0 Å². The normalized spacial score (nSPS) is 11.9. The van der Waals surface area contributed by atoms with Crippen LogP contribution >= 0.6 is 0 Å². The molecule has 140 valence electrons. The van der Waals surface area contributed by atoms with Gasteiger partial charge in [0.05, 0.1) is 12.7 Å². The van der Waals surface area contributed by atoms with Gasteiger partial charge in [-0.15, -0.1) is 0 Å². The van der Waals surface area contributed by atoms with Crippen LogP contribution < -0.4 is 14.8 Å². The predicted molar refractivity (Wildman–Crippen MR) is 103 cm³/mol. The fraction of sp³-hybridized carbons (Fsp3) is 0.429. The third-order valence-electron chi connectivity index (χ3n) is 3.84. The van der Waals surface area contributed by atoms with Crippen molar-refractivity contribution < 1.29 is 14.3 Å². The van der Waals surface area contributed by atoms with E-state index in [1.165, 1.54) is 5.56 Å². The van der Waals surface area contributed by atoms with Crippen molar-refractivity contribution in [1.29, 1.82) is 0 Å². The van der Waals surface area contributed by atoms with E-state index in [2.05, 4.69) is 22.4 Å². The number of pyridine rings is 1. The number of nitrogens with one attached hydrogen (secondary N) is 1. The highest BCUT2D eigenvalue weighted by Crippen LogP contribution is 2.17. The fourth-order valence-electron chi connectivity index (χ4n) is 2.58. The van der Waals surface area contributed by atoms with Crippen molar-refractivity contribution in [3.63, 3.8) is 0 Å². The van der Waals surface area contributed by atoms with E-state index in [1.54, 1.807) is 18.3 Å². The number of nitrogens with zero attached hydrogens (tertiary/aromatic N) is 1. The zero-order valence-electron chi connectivity index (χ0n) is 16.0. The molecule has 2 rings (SSSR count). The molecule has 0 spiro atoms. The van der Waals surface area contributed by atoms with Crippen LogP contribution in [0.4, 0.5) is 0 Å². The van der Waals surface area contributed by atoms with Gasteiger partial charge in [0.2, 0.25) is 5.88 Å². The van der Waals surface area contributed by atoms with E-state index in [9.17, 15) is 4.79 Å². The van der Waals surface area contributed by atoms with Crippen LogP contribution in [0.25, 0.3) is 0 Å². The second-order valence-corrected chi connectivity index (χ2v) is 6.51. The van der Waals surface area contributed by atoms with Crippen molar-refractivity contribution >= 4 is 5.91 Å². The van der Waals surface area contributed by atoms with Gasteiger partial charge in [-0.05, 0) is 70.4 Å². The summed E-state index contributed by atoms with van der Waals surface area (Å²) < 4.78 is 11.1. The van der Waals surface area contributed by atoms with Crippen LogP contribution in [0.15, 0.2) is 42.6 Å². The van der Waals surface area contributed by atoms with Gasteiger partial charge in [0, 0.05) is 12.2 Å². The number of carbonyl (C=O) groups excluding carboxylic acids is 1. The molecule has 2 aromatic rings. The Morgan fingerprint density at radius 2 is 1.88 bits per heavy atom. The van der Waals surface area contributed by atoms with Crippen LogP contribution in [0, 0.1) is 0 Å². The third-order valence-corrected chi connectivity index (χ3v) is 3.84. The van der Waals surface area contributed by atoms with Crippen molar-refractivity contribution in [3.8, 4) is 11.6 Å². The maximum Gasteiger partial charge on any atom is 0.256 e. The quantitative estimate of drug-likeness (QED) is 0.737. The van der Waals surface area contributed by atoms with E-state index in [0.717, 1.165) is 18.6 Å². The molecule has 1 heterocycles. The van der Waals surface area contributed by atoms with Gasteiger partial charge in [0.25, 0.3) is 5.91 Å². The summed E-state index contributed by atoms with van der Waals surface area (Å²) in [5.74, 6) is 1.10.